The highest BCUT2D eigenvalue weighted by Gasteiger charge is 2.30. The van der Waals surface area contributed by atoms with Crippen LogP contribution in [0.1, 0.15) is 48.2 Å². The summed E-state index contributed by atoms with van der Waals surface area (Å²) in [6.45, 7) is 2.10. The smallest absolute Gasteiger partial charge is 0.404 e. The number of nitrogens with zero attached hydrogens (tertiary/aromatic N) is 2. The Bertz CT molecular complexity index is 1220. The Labute approximate surface area is 207 Å². The van der Waals surface area contributed by atoms with E-state index in [2.05, 4.69) is 27.5 Å². The number of nitrogens with one attached hydrogen (secondary N) is 2. The zero-order valence-electron chi connectivity index (χ0n) is 19.5. The number of hydrogen-bond donors (Lipinski definition) is 3. The molecule has 2 amide bonds. The molecule has 0 bridgehead atoms. The predicted molar refractivity (Wildman–Crippen MR) is 134 cm³/mol. The van der Waals surface area contributed by atoms with Crippen molar-refractivity contribution in [2.45, 2.75) is 43.0 Å². The van der Waals surface area contributed by atoms with Crippen molar-refractivity contribution >= 4 is 29.4 Å². The van der Waals surface area contributed by atoms with Gasteiger partial charge < -0.3 is 15.7 Å². The number of carboxylic acid groups (broad SMARTS) is 1. The van der Waals surface area contributed by atoms with E-state index in [1.807, 2.05) is 24.5 Å². The Morgan fingerprint density at radius 3 is 2.57 bits per heavy atom. The van der Waals surface area contributed by atoms with Crippen LogP contribution in [0.15, 0.2) is 59.8 Å². The summed E-state index contributed by atoms with van der Waals surface area (Å²) >= 11 is 1.58. The van der Waals surface area contributed by atoms with Crippen LogP contribution < -0.4 is 10.6 Å². The second kappa shape index (κ2) is 10.9. The zero-order chi connectivity index (χ0) is 24.9. The number of pyridine rings is 2. The maximum atomic E-state index is 14.5. The van der Waals surface area contributed by atoms with Crippen molar-refractivity contribution < 1.29 is 19.1 Å². The number of aromatic nitrogens is 2. The van der Waals surface area contributed by atoms with Crippen molar-refractivity contribution in [1.82, 2.24) is 15.3 Å². The molecule has 4 rings (SSSR count). The van der Waals surface area contributed by atoms with Gasteiger partial charge in [0.15, 0.2) is 0 Å². The van der Waals surface area contributed by atoms with Gasteiger partial charge in [0, 0.05) is 22.7 Å². The number of hydrogen-bond acceptors (Lipinski definition) is 5. The largest absolute Gasteiger partial charge is 0.465 e. The SMILES string of the molecule is CSc1ccc(-c2nc(C(=O)Nc3cnccc3[C@@H]3C[C@H](C)C[C@H](NC(=O)O)C3)ccc2F)cc1. The molecule has 1 fully saturated rings. The molecule has 3 aromatic rings. The molecule has 1 aromatic carbocycles. The first-order chi connectivity index (χ1) is 16.8. The lowest BCUT2D eigenvalue weighted by atomic mass is 9.76. The van der Waals surface area contributed by atoms with Crippen molar-refractivity contribution in [2.75, 3.05) is 11.6 Å². The Morgan fingerprint density at radius 2 is 1.86 bits per heavy atom. The second-order valence-electron chi connectivity index (χ2n) is 8.83. The van der Waals surface area contributed by atoms with Crippen molar-refractivity contribution in [1.29, 1.82) is 0 Å². The molecule has 0 unspecified atom stereocenters. The normalized spacial score (nSPS) is 19.7. The molecule has 7 nitrogen and oxygen atoms in total. The quantitative estimate of drug-likeness (QED) is 0.374. The van der Waals surface area contributed by atoms with Crippen LogP contribution in [0, 0.1) is 11.7 Å². The predicted octanol–water partition coefficient (Wildman–Crippen LogP) is 5.80. The number of halogens is 1. The lowest BCUT2D eigenvalue weighted by molar-refractivity contribution is 0.102. The fourth-order valence-corrected chi connectivity index (χ4v) is 5.13. The molecule has 1 aliphatic carbocycles. The lowest BCUT2D eigenvalue weighted by Crippen LogP contribution is -2.39. The van der Waals surface area contributed by atoms with Gasteiger partial charge in [-0.05, 0) is 73.2 Å². The first-order valence-corrected chi connectivity index (χ1v) is 12.6. The summed E-state index contributed by atoms with van der Waals surface area (Å²) in [7, 11) is 0. The lowest BCUT2D eigenvalue weighted by Gasteiger charge is -2.34. The van der Waals surface area contributed by atoms with E-state index in [1.54, 1.807) is 36.3 Å². The number of carbonyl (C=O) groups excluding carboxylic acids is 1. The average molecular weight is 495 g/mol. The summed E-state index contributed by atoms with van der Waals surface area (Å²) in [5.41, 5.74) is 2.23. The number of anilines is 1. The molecule has 0 aliphatic heterocycles. The van der Waals surface area contributed by atoms with Gasteiger partial charge in [0.25, 0.3) is 5.91 Å². The van der Waals surface area contributed by atoms with Crippen molar-refractivity contribution in [3.05, 3.63) is 71.9 Å². The third kappa shape index (κ3) is 5.97. The van der Waals surface area contributed by atoms with Crippen LogP contribution in [-0.4, -0.2) is 39.4 Å². The van der Waals surface area contributed by atoms with E-state index >= 15 is 0 Å². The summed E-state index contributed by atoms with van der Waals surface area (Å²) < 4.78 is 14.5. The molecule has 0 radical (unpaired) electrons. The van der Waals surface area contributed by atoms with E-state index < -0.39 is 17.8 Å². The summed E-state index contributed by atoms with van der Waals surface area (Å²) in [4.78, 5) is 33.8. The van der Waals surface area contributed by atoms with Gasteiger partial charge in [-0.1, -0.05) is 19.1 Å². The van der Waals surface area contributed by atoms with Crippen LogP contribution in [0.2, 0.25) is 0 Å². The second-order valence-corrected chi connectivity index (χ2v) is 9.71. The molecule has 1 aliphatic rings. The van der Waals surface area contributed by atoms with Crippen LogP contribution in [0.3, 0.4) is 0 Å². The Balaban J connectivity index is 1.57. The standard InChI is InChI=1S/C26H27FN4O3S/c1-15-11-17(13-18(12-15)29-26(33)34)20-9-10-28-14-23(20)31-25(32)22-8-7-21(27)24(30-22)16-3-5-19(35-2)6-4-16/h3-10,14-15,17-18,29H,11-13H2,1-2H3,(H,31,32)(H,33,34)/t15-,17+,18-/m0/s1. The topological polar surface area (TPSA) is 104 Å². The zero-order valence-corrected chi connectivity index (χ0v) is 20.3. The molecule has 3 atom stereocenters. The maximum absolute atomic E-state index is 14.5. The molecular weight excluding hydrogens is 467 g/mol. The number of benzene rings is 1. The molecule has 3 N–H and O–H groups in total. The fraction of sp³-hybridized carbons (Fsp3) is 0.308. The molecule has 9 heteroatoms. The van der Waals surface area contributed by atoms with Gasteiger partial charge in [-0.2, -0.15) is 0 Å². The first kappa shape index (κ1) is 24.7. The molecule has 35 heavy (non-hydrogen) atoms. The minimum absolute atomic E-state index is 0.0561. The highest BCUT2D eigenvalue weighted by molar-refractivity contribution is 7.98. The third-order valence-electron chi connectivity index (χ3n) is 6.26. The Morgan fingerprint density at radius 1 is 1.09 bits per heavy atom. The number of thioether (sulfide) groups is 1. The number of rotatable bonds is 6. The van der Waals surface area contributed by atoms with Crippen molar-refractivity contribution in [3.63, 3.8) is 0 Å². The molecular formula is C26H27FN4O3S. The van der Waals surface area contributed by atoms with E-state index in [0.717, 1.165) is 23.3 Å². The maximum Gasteiger partial charge on any atom is 0.404 e. The third-order valence-corrected chi connectivity index (χ3v) is 7.00. The molecule has 1 saturated carbocycles. The number of amides is 2. The van der Waals surface area contributed by atoms with Crippen LogP contribution >= 0.6 is 11.8 Å². The Hall–Kier alpha value is -3.46. The molecule has 2 heterocycles. The van der Waals surface area contributed by atoms with E-state index in [4.69, 9.17) is 5.11 Å². The van der Waals surface area contributed by atoms with Gasteiger partial charge in [-0.15, -0.1) is 11.8 Å². The van der Waals surface area contributed by atoms with Gasteiger partial charge in [-0.3, -0.25) is 9.78 Å². The van der Waals surface area contributed by atoms with Crippen LogP contribution in [0.5, 0.6) is 0 Å². The first-order valence-electron chi connectivity index (χ1n) is 11.4. The van der Waals surface area contributed by atoms with E-state index in [0.29, 0.717) is 23.6 Å². The van der Waals surface area contributed by atoms with Gasteiger partial charge in [0.05, 0.1) is 11.9 Å². The Kier molecular flexibility index (Phi) is 7.65. The summed E-state index contributed by atoms with van der Waals surface area (Å²) in [5, 5.41) is 14.6. The van der Waals surface area contributed by atoms with Crippen LogP contribution in [0.25, 0.3) is 11.3 Å². The molecule has 0 saturated heterocycles. The summed E-state index contributed by atoms with van der Waals surface area (Å²) in [5.74, 6) is -0.597. The highest BCUT2D eigenvalue weighted by Crippen LogP contribution is 2.39. The molecule has 2 aromatic heterocycles. The minimum atomic E-state index is -1.03. The molecule has 182 valence electrons. The van der Waals surface area contributed by atoms with Crippen LogP contribution in [-0.2, 0) is 0 Å². The minimum Gasteiger partial charge on any atom is -0.465 e. The summed E-state index contributed by atoms with van der Waals surface area (Å²) in [6, 6.07) is 11.6. The van der Waals surface area contributed by atoms with E-state index in [-0.39, 0.29) is 23.3 Å². The van der Waals surface area contributed by atoms with Crippen molar-refractivity contribution in [2.24, 2.45) is 5.92 Å². The monoisotopic (exact) mass is 494 g/mol. The summed E-state index contributed by atoms with van der Waals surface area (Å²) in [6.07, 6.45) is 6.45. The van der Waals surface area contributed by atoms with Gasteiger partial charge in [-0.25, -0.2) is 14.2 Å². The number of carbonyl (C=O) groups is 2. The van der Waals surface area contributed by atoms with Gasteiger partial charge in [0.1, 0.15) is 17.2 Å². The fourth-order valence-electron chi connectivity index (χ4n) is 4.72. The van der Waals surface area contributed by atoms with E-state index in [1.165, 1.54) is 12.1 Å². The average Bonchev–Trinajstić information content (AvgIpc) is 2.84. The van der Waals surface area contributed by atoms with E-state index in [9.17, 15) is 14.0 Å². The van der Waals surface area contributed by atoms with Gasteiger partial charge >= 0.3 is 6.09 Å². The van der Waals surface area contributed by atoms with Crippen molar-refractivity contribution in [3.8, 4) is 11.3 Å². The molecule has 0 spiro atoms. The highest BCUT2D eigenvalue weighted by atomic mass is 32.2. The van der Waals surface area contributed by atoms with Gasteiger partial charge in [0.2, 0.25) is 0 Å². The van der Waals surface area contributed by atoms with Crippen LogP contribution in [0.4, 0.5) is 14.9 Å².